The highest BCUT2D eigenvalue weighted by Gasteiger charge is 2.12. The Hall–Kier alpha value is -2.56. The van der Waals surface area contributed by atoms with Gasteiger partial charge in [0.05, 0.1) is 12.3 Å². The van der Waals surface area contributed by atoms with Crippen molar-refractivity contribution in [2.45, 2.75) is 6.92 Å². The number of carbonyl (C=O) groups excluding carboxylic acids is 1. The number of nitriles is 1. The van der Waals surface area contributed by atoms with E-state index in [9.17, 15) is 10.1 Å². The van der Waals surface area contributed by atoms with Crippen molar-refractivity contribution in [3.05, 3.63) is 36.0 Å². The van der Waals surface area contributed by atoms with Crippen LogP contribution in [0, 0.1) is 11.3 Å². The van der Waals surface area contributed by atoms with Crippen LogP contribution < -0.4 is 20.7 Å². The predicted molar refractivity (Wildman–Crippen MR) is 97.2 cm³/mol. The van der Waals surface area contributed by atoms with Crippen LogP contribution in [0.25, 0.3) is 0 Å². The van der Waals surface area contributed by atoms with Gasteiger partial charge in [-0.3, -0.25) is 9.69 Å². The molecule has 0 unspecified atom stereocenters. The first-order valence-corrected chi connectivity index (χ1v) is 8.54. The summed E-state index contributed by atoms with van der Waals surface area (Å²) in [6, 6.07) is 9.33. The highest BCUT2D eigenvalue weighted by Crippen LogP contribution is 2.23. The van der Waals surface area contributed by atoms with Crippen LogP contribution in [0.5, 0.6) is 5.75 Å². The minimum Gasteiger partial charge on any atom is -0.492 e. The number of benzene rings is 1. The van der Waals surface area contributed by atoms with Crippen LogP contribution >= 0.6 is 0 Å². The molecule has 1 saturated heterocycles. The smallest absolute Gasteiger partial charge is 0.263 e. The van der Waals surface area contributed by atoms with E-state index in [0.29, 0.717) is 24.6 Å². The molecule has 134 valence electrons. The number of carbonyl (C=O) groups is 1. The number of para-hydroxylation sites is 2. The van der Waals surface area contributed by atoms with Crippen molar-refractivity contribution in [1.29, 1.82) is 5.26 Å². The molecule has 0 spiro atoms. The fraction of sp³-hybridized carbons (Fsp3) is 0.444. The van der Waals surface area contributed by atoms with E-state index in [1.807, 2.05) is 37.3 Å². The second-order valence-corrected chi connectivity index (χ2v) is 5.59. The number of piperazine rings is 1. The molecule has 0 saturated carbocycles. The van der Waals surface area contributed by atoms with Crippen LogP contribution in [0.2, 0.25) is 0 Å². The maximum absolute atomic E-state index is 12.1. The zero-order chi connectivity index (χ0) is 17.9. The molecule has 7 heteroatoms. The lowest BCUT2D eigenvalue weighted by atomic mass is 10.2. The number of rotatable bonds is 8. The number of anilines is 1. The van der Waals surface area contributed by atoms with Gasteiger partial charge in [0.15, 0.2) is 0 Å². The third kappa shape index (κ3) is 6.10. The zero-order valence-corrected chi connectivity index (χ0v) is 14.5. The highest BCUT2D eigenvalue weighted by molar-refractivity contribution is 5.97. The average Bonchev–Trinajstić information content (AvgIpc) is 2.64. The number of hydrogen-bond donors (Lipinski definition) is 3. The summed E-state index contributed by atoms with van der Waals surface area (Å²) >= 11 is 0. The van der Waals surface area contributed by atoms with Gasteiger partial charge in [-0.2, -0.15) is 5.26 Å². The van der Waals surface area contributed by atoms with E-state index in [4.69, 9.17) is 4.74 Å². The Morgan fingerprint density at radius 1 is 1.40 bits per heavy atom. The maximum atomic E-state index is 12.1. The summed E-state index contributed by atoms with van der Waals surface area (Å²) in [6.45, 7) is 7.65. The van der Waals surface area contributed by atoms with Gasteiger partial charge >= 0.3 is 0 Å². The molecule has 0 atom stereocenters. The molecule has 1 amide bonds. The van der Waals surface area contributed by atoms with Crippen molar-refractivity contribution < 1.29 is 9.53 Å². The largest absolute Gasteiger partial charge is 0.492 e. The van der Waals surface area contributed by atoms with Crippen molar-refractivity contribution in [3.8, 4) is 11.8 Å². The van der Waals surface area contributed by atoms with Crippen LogP contribution in [0.1, 0.15) is 6.92 Å². The highest BCUT2D eigenvalue weighted by atomic mass is 16.5. The van der Waals surface area contributed by atoms with Crippen molar-refractivity contribution in [2.75, 3.05) is 51.2 Å². The molecule has 0 aromatic heterocycles. The molecular weight excluding hydrogens is 318 g/mol. The molecular formula is C18H25N5O2. The average molecular weight is 343 g/mol. The summed E-state index contributed by atoms with van der Waals surface area (Å²) in [6.07, 6.45) is 1.41. The molecule has 1 aromatic rings. The first-order valence-electron chi connectivity index (χ1n) is 8.54. The lowest BCUT2D eigenvalue weighted by molar-refractivity contribution is -0.117. The summed E-state index contributed by atoms with van der Waals surface area (Å²) in [5, 5.41) is 18.3. The fourth-order valence-electron chi connectivity index (χ4n) is 2.52. The van der Waals surface area contributed by atoms with Crippen LogP contribution in [-0.4, -0.2) is 56.7 Å². The van der Waals surface area contributed by atoms with E-state index in [1.165, 1.54) is 6.20 Å². The molecule has 1 aliphatic heterocycles. The first-order chi connectivity index (χ1) is 12.2. The Kier molecular flexibility index (Phi) is 7.76. The Bertz CT molecular complexity index is 633. The number of amides is 1. The van der Waals surface area contributed by atoms with Gasteiger partial charge < -0.3 is 20.7 Å². The van der Waals surface area contributed by atoms with Crippen LogP contribution in [0.15, 0.2) is 36.0 Å². The quantitative estimate of drug-likeness (QED) is 0.481. The summed E-state index contributed by atoms with van der Waals surface area (Å²) in [4.78, 5) is 14.4. The van der Waals surface area contributed by atoms with E-state index < -0.39 is 0 Å². The van der Waals surface area contributed by atoms with Crippen molar-refractivity contribution in [1.82, 2.24) is 15.5 Å². The molecule has 7 nitrogen and oxygen atoms in total. The molecule has 0 radical (unpaired) electrons. The van der Waals surface area contributed by atoms with Gasteiger partial charge in [0.2, 0.25) is 0 Å². The van der Waals surface area contributed by atoms with Crippen LogP contribution in [0.4, 0.5) is 5.69 Å². The summed E-state index contributed by atoms with van der Waals surface area (Å²) in [5.74, 6) is 0.302. The second kappa shape index (κ2) is 10.3. The monoisotopic (exact) mass is 343 g/mol. The molecule has 25 heavy (non-hydrogen) atoms. The molecule has 1 fully saturated rings. The van der Waals surface area contributed by atoms with Gasteiger partial charge in [0, 0.05) is 45.5 Å². The molecule has 1 heterocycles. The topological polar surface area (TPSA) is 89.4 Å². The Labute approximate surface area is 148 Å². The number of nitrogens with zero attached hydrogens (tertiary/aromatic N) is 2. The number of ether oxygens (including phenoxy) is 1. The first kappa shape index (κ1) is 18.8. The summed E-state index contributed by atoms with van der Waals surface area (Å²) in [7, 11) is 0. The minimum atomic E-state index is -0.376. The van der Waals surface area contributed by atoms with E-state index in [0.717, 1.165) is 32.7 Å². The van der Waals surface area contributed by atoms with E-state index in [-0.39, 0.29) is 11.5 Å². The van der Waals surface area contributed by atoms with E-state index in [1.54, 1.807) is 0 Å². The van der Waals surface area contributed by atoms with Gasteiger partial charge in [-0.15, -0.1) is 0 Å². The molecule has 2 rings (SSSR count). The standard InChI is InChI=1S/C18H25N5O2/c1-2-25-17-6-4-3-5-16(17)22-14-15(13-19)18(24)21-9-12-23-10-7-20-8-11-23/h3-6,14,20,22H,2,7-12H2,1H3,(H,21,24)/b15-14-. The Morgan fingerprint density at radius 3 is 2.88 bits per heavy atom. The van der Waals surface area contributed by atoms with E-state index in [2.05, 4.69) is 20.9 Å². The molecule has 0 aliphatic carbocycles. The third-order valence-corrected chi connectivity index (χ3v) is 3.85. The molecule has 1 aromatic carbocycles. The van der Waals surface area contributed by atoms with Gasteiger partial charge in [-0.25, -0.2) is 0 Å². The van der Waals surface area contributed by atoms with Gasteiger partial charge in [-0.05, 0) is 19.1 Å². The van der Waals surface area contributed by atoms with Crippen LogP contribution in [-0.2, 0) is 4.79 Å². The van der Waals surface area contributed by atoms with Crippen molar-refractivity contribution in [2.24, 2.45) is 0 Å². The lowest BCUT2D eigenvalue weighted by Gasteiger charge is -2.27. The number of nitrogens with one attached hydrogen (secondary N) is 3. The minimum absolute atomic E-state index is 0.0339. The second-order valence-electron chi connectivity index (χ2n) is 5.59. The lowest BCUT2D eigenvalue weighted by Crippen LogP contribution is -2.46. The predicted octanol–water partition coefficient (Wildman–Crippen LogP) is 0.926. The van der Waals surface area contributed by atoms with E-state index >= 15 is 0 Å². The van der Waals surface area contributed by atoms with Gasteiger partial charge in [0.1, 0.15) is 17.4 Å². The summed E-state index contributed by atoms with van der Waals surface area (Å²) < 4.78 is 5.51. The normalized spacial score (nSPS) is 15.3. The molecule has 1 aliphatic rings. The van der Waals surface area contributed by atoms with Gasteiger partial charge in [0.25, 0.3) is 5.91 Å². The van der Waals surface area contributed by atoms with Crippen molar-refractivity contribution >= 4 is 11.6 Å². The zero-order valence-electron chi connectivity index (χ0n) is 14.5. The Morgan fingerprint density at radius 2 is 2.16 bits per heavy atom. The maximum Gasteiger partial charge on any atom is 0.263 e. The fourth-order valence-corrected chi connectivity index (χ4v) is 2.52. The van der Waals surface area contributed by atoms with Gasteiger partial charge in [-0.1, -0.05) is 12.1 Å². The summed E-state index contributed by atoms with van der Waals surface area (Å²) in [5.41, 5.74) is 0.748. The number of hydrogen-bond acceptors (Lipinski definition) is 6. The SMILES string of the molecule is CCOc1ccccc1N/C=C(/C#N)C(=O)NCCN1CCNCC1. The van der Waals surface area contributed by atoms with Crippen molar-refractivity contribution in [3.63, 3.8) is 0 Å². The molecule has 3 N–H and O–H groups in total. The molecule has 0 bridgehead atoms. The van der Waals surface area contributed by atoms with Crippen LogP contribution in [0.3, 0.4) is 0 Å². The third-order valence-electron chi connectivity index (χ3n) is 3.85. The Balaban J connectivity index is 1.86.